The predicted molar refractivity (Wildman–Crippen MR) is 78.3 cm³/mol. The van der Waals surface area contributed by atoms with E-state index in [1.54, 1.807) is 31.2 Å². The van der Waals surface area contributed by atoms with Crippen LogP contribution < -0.4 is 9.88 Å². The third-order valence-corrected chi connectivity index (χ3v) is 4.09. The fourth-order valence-electron chi connectivity index (χ4n) is 1.78. The molecule has 6 heteroatoms. The standard InChI is InChI=1S/C14H14ClNO3S/c1-10-8-13(6-7-14(10)20(16,17)18)19-9-11-2-4-12(15)5-3-11/h2-8H,9H2,1H3,(H2,16,17,18). The fourth-order valence-corrected chi connectivity index (χ4v) is 2.67. The summed E-state index contributed by atoms with van der Waals surface area (Å²) < 4.78 is 28.2. The van der Waals surface area contributed by atoms with Crippen LogP contribution in [0.1, 0.15) is 11.1 Å². The normalized spacial score (nSPS) is 11.3. The van der Waals surface area contributed by atoms with Crippen molar-refractivity contribution in [3.05, 3.63) is 58.6 Å². The molecule has 0 spiro atoms. The second-order valence-electron chi connectivity index (χ2n) is 4.39. The van der Waals surface area contributed by atoms with Gasteiger partial charge in [0.15, 0.2) is 0 Å². The van der Waals surface area contributed by atoms with Gasteiger partial charge in [-0.1, -0.05) is 23.7 Å². The molecule has 0 aliphatic heterocycles. The maximum atomic E-state index is 11.3. The molecule has 2 aromatic carbocycles. The number of aryl methyl sites for hydroxylation is 1. The molecule has 20 heavy (non-hydrogen) atoms. The minimum atomic E-state index is -3.69. The quantitative estimate of drug-likeness (QED) is 0.944. The average molecular weight is 312 g/mol. The highest BCUT2D eigenvalue weighted by molar-refractivity contribution is 7.89. The van der Waals surface area contributed by atoms with Gasteiger partial charge in [0.1, 0.15) is 12.4 Å². The van der Waals surface area contributed by atoms with Crippen molar-refractivity contribution in [1.82, 2.24) is 0 Å². The number of ether oxygens (including phenoxy) is 1. The van der Waals surface area contributed by atoms with Gasteiger partial charge in [0.25, 0.3) is 0 Å². The van der Waals surface area contributed by atoms with E-state index in [-0.39, 0.29) is 4.90 Å². The summed E-state index contributed by atoms with van der Waals surface area (Å²) in [5.74, 6) is 0.588. The second kappa shape index (κ2) is 5.83. The van der Waals surface area contributed by atoms with Crippen molar-refractivity contribution in [3.8, 4) is 5.75 Å². The Kier molecular flexibility index (Phi) is 4.32. The van der Waals surface area contributed by atoms with Gasteiger partial charge < -0.3 is 4.74 Å². The van der Waals surface area contributed by atoms with Gasteiger partial charge in [-0.25, -0.2) is 13.6 Å². The van der Waals surface area contributed by atoms with Crippen LogP contribution in [0.4, 0.5) is 0 Å². The molecule has 106 valence electrons. The molecule has 0 saturated carbocycles. The molecule has 2 rings (SSSR count). The van der Waals surface area contributed by atoms with Crippen molar-refractivity contribution in [2.75, 3.05) is 0 Å². The molecular formula is C14H14ClNO3S. The number of sulfonamides is 1. The highest BCUT2D eigenvalue weighted by Crippen LogP contribution is 2.21. The van der Waals surface area contributed by atoms with E-state index in [0.717, 1.165) is 5.56 Å². The molecule has 2 N–H and O–H groups in total. The summed E-state index contributed by atoms with van der Waals surface area (Å²) in [6, 6.07) is 12.0. The van der Waals surface area contributed by atoms with E-state index in [9.17, 15) is 8.42 Å². The van der Waals surface area contributed by atoms with Crippen LogP contribution in [-0.2, 0) is 16.6 Å². The number of rotatable bonds is 4. The Morgan fingerprint density at radius 1 is 1.15 bits per heavy atom. The topological polar surface area (TPSA) is 69.4 Å². The summed E-state index contributed by atoms with van der Waals surface area (Å²) in [6.07, 6.45) is 0. The molecular weight excluding hydrogens is 298 g/mol. The Hall–Kier alpha value is -1.56. The average Bonchev–Trinajstić information content (AvgIpc) is 2.36. The molecule has 0 aliphatic rings. The highest BCUT2D eigenvalue weighted by Gasteiger charge is 2.11. The number of primary sulfonamides is 1. The van der Waals surface area contributed by atoms with E-state index in [0.29, 0.717) is 22.9 Å². The van der Waals surface area contributed by atoms with Crippen molar-refractivity contribution in [2.24, 2.45) is 5.14 Å². The lowest BCUT2D eigenvalue weighted by molar-refractivity contribution is 0.306. The summed E-state index contributed by atoms with van der Waals surface area (Å²) in [6.45, 7) is 2.06. The van der Waals surface area contributed by atoms with Gasteiger partial charge in [-0.15, -0.1) is 0 Å². The number of benzene rings is 2. The van der Waals surface area contributed by atoms with E-state index in [1.165, 1.54) is 6.07 Å². The molecule has 2 aromatic rings. The largest absolute Gasteiger partial charge is 0.489 e. The maximum Gasteiger partial charge on any atom is 0.238 e. The predicted octanol–water partition coefficient (Wildman–Crippen LogP) is 2.87. The molecule has 0 saturated heterocycles. The molecule has 4 nitrogen and oxygen atoms in total. The third kappa shape index (κ3) is 3.72. The van der Waals surface area contributed by atoms with Gasteiger partial charge >= 0.3 is 0 Å². The van der Waals surface area contributed by atoms with Gasteiger partial charge in [0, 0.05) is 5.02 Å². The summed E-state index contributed by atoms with van der Waals surface area (Å²) in [7, 11) is -3.69. The summed E-state index contributed by atoms with van der Waals surface area (Å²) in [5, 5.41) is 5.77. The van der Waals surface area contributed by atoms with Gasteiger partial charge in [-0.2, -0.15) is 0 Å². The zero-order valence-corrected chi connectivity index (χ0v) is 12.4. The molecule has 0 fully saturated rings. The Bertz CT molecular complexity index is 712. The Morgan fingerprint density at radius 2 is 1.80 bits per heavy atom. The van der Waals surface area contributed by atoms with Crippen LogP contribution in [0.2, 0.25) is 5.02 Å². The van der Waals surface area contributed by atoms with Crippen LogP contribution in [0.25, 0.3) is 0 Å². The molecule has 0 aromatic heterocycles. The van der Waals surface area contributed by atoms with E-state index >= 15 is 0 Å². The number of nitrogens with two attached hydrogens (primary N) is 1. The minimum absolute atomic E-state index is 0.108. The lowest BCUT2D eigenvalue weighted by Gasteiger charge is -2.09. The van der Waals surface area contributed by atoms with Gasteiger partial charge in [0.2, 0.25) is 10.0 Å². The molecule has 0 unspecified atom stereocenters. The monoisotopic (exact) mass is 311 g/mol. The van der Waals surface area contributed by atoms with Crippen molar-refractivity contribution < 1.29 is 13.2 Å². The Balaban J connectivity index is 2.11. The second-order valence-corrected chi connectivity index (χ2v) is 6.35. The first-order valence-electron chi connectivity index (χ1n) is 5.87. The first kappa shape index (κ1) is 14.8. The molecule has 0 amide bonds. The van der Waals surface area contributed by atoms with Crippen molar-refractivity contribution in [2.45, 2.75) is 18.4 Å². The molecule has 0 aliphatic carbocycles. The van der Waals surface area contributed by atoms with Gasteiger partial charge in [-0.3, -0.25) is 0 Å². The minimum Gasteiger partial charge on any atom is -0.489 e. The van der Waals surface area contributed by atoms with E-state index in [4.69, 9.17) is 21.5 Å². The van der Waals surface area contributed by atoms with Gasteiger partial charge in [0.05, 0.1) is 4.90 Å². The van der Waals surface area contributed by atoms with Crippen LogP contribution >= 0.6 is 11.6 Å². The maximum absolute atomic E-state index is 11.3. The fraction of sp³-hybridized carbons (Fsp3) is 0.143. The van der Waals surface area contributed by atoms with Gasteiger partial charge in [-0.05, 0) is 48.4 Å². The molecule has 0 heterocycles. The smallest absolute Gasteiger partial charge is 0.238 e. The van der Waals surface area contributed by atoms with Crippen molar-refractivity contribution >= 4 is 21.6 Å². The summed E-state index contributed by atoms with van der Waals surface area (Å²) in [4.78, 5) is 0.108. The molecule has 0 atom stereocenters. The van der Waals surface area contributed by atoms with Crippen LogP contribution in [-0.4, -0.2) is 8.42 Å². The van der Waals surface area contributed by atoms with Crippen LogP contribution in [0, 0.1) is 6.92 Å². The van der Waals surface area contributed by atoms with Crippen LogP contribution in [0.3, 0.4) is 0 Å². The highest BCUT2D eigenvalue weighted by atomic mass is 35.5. The van der Waals surface area contributed by atoms with Crippen molar-refractivity contribution in [1.29, 1.82) is 0 Å². The number of hydrogen-bond acceptors (Lipinski definition) is 3. The van der Waals surface area contributed by atoms with Crippen molar-refractivity contribution in [3.63, 3.8) is 0 Å². The molecule has 0 radical (unpaired) electrons. The van der Waals surface area contributed by atoms with Crippen LogP contribution in [0.5, 0.6) is 5.75 Å². The zero-order chi connectivity index (χ0) is 14.8. The summed E-state index contributed by atoms with van der Waals surface area (Å²) in [5.41, 5.74) is 1.53. The lowest BCUT2D eigenvalue weighted by atomic mass is 10.2. The van der Waals surface area contributed by atoms with Crippen LogP contribution in [0.15, 0.2) is 47.4 Å². The Morgan fingerprint density at radius 3 is 2.35 bits per heavy atom. The first-order valence-corrected chi connectivity index (χ1v) is 7.79. The zero-order valence-electron chi connectivity index (χ0n) is 10.8. The number of halogens is 1. The summed E-state index contributed by atoms with van der Waals surface area (Å²) >= 11 is 5.80. The van der Waals surface area contributed by atoms with E-state index in [1.807, 2.05) is 12.1 Å². The SMILES string of the molecule is Cc1cc(OCc2ccc(Cl)cc2)ccc1S(N)(=O)=O. The van der Waals surface area contributed by atoms with E-state index in [2.05, 4.69) is 0 Å². The Labute approximate surface area is 123 Å². The van der Waals surface area contributed by atoms with E-state index < -0.39 is 10.0 Å². The molecule has 0 bridgehead atoms. The lowest BCUT2D eigenvalue weighted by Crippen LogP contribution is -2.13. The third-order valence-electron chi connectivity index (χ3n) is 2.77. The first-order chi connectivity index (χ1) is 9.36. The number of hydrogen-bond donors (Lipinski definition) is 1.